The van der Waals surface area contributed by atoms with Gasteiger partial charge in [0.2, 0.25) is 0 Å². The monoisotopic (exact) mass is 260 g/mol. The van der Waals surface area contributed by atoms with Gasteiger partial charge in [0.15, 0.2) is 0 Å². The van der Waals surface area contributed by atoms with Crippen molar-refractivity contribution in [3.05, 3.63) is 34.9 Å². The molecule has 0 saturated carbocycles. The molecule has 0 spiro atoms. The number of benzene rings is 1. The highest BCUT2D eigenvalue weighted by molar-refractivity contribution is 5.34. The van der Waals surface area contributed by atoms with Gasteiger partial charge in [-0.15, -0.1) is 0 Å². The number of nitrogens with zero attached hydrogens (tertiary/aromatic N) is 1. The summed E-state index contributed by atoms with van der Waals surface area (Å²) in [5.74, 6) is 0. The molecule has 2 heteroatoms. The van der Waals surface area contributed by atoms with Gasteiger partial charge in [-0.3, -0.25) is 4.90 Å². The molecule has 2 rings (SSSR count). The van der Waals surface area contributed by atoms with E-state index in [1.54, 1.807) is 0 Å². The minimum absolute atomic E-state index is 0.255. The predicted octanol–water partition coefficient (Wildman–Crippen LogP) is 3.57. The van der Waals surface area contributed by atoms with Gasteiger partial charge in [-0.25, -0.2) is 0 Å². The molecular formula is C17H28N2. The lowest BCUT2D eigenvalue weighted by Crippen LogP contribution is -2.43. The standard InChI is InChI=1S/C17H28N2/c1-12(2)19-10-6-5-7-16(18)17(19)15-11-13(3)8-9-14(15)4/h8-9,11-12,16-17H,5-7,10,18H2,1-4H3. The van der Waals surface area contributed by atoms with Crippen LogP contribution in [0.15, 0.2) is 18.2 Å². The largest absolute Gasteiger partial charge is 0.326 e. The number of rotatable bonds is 2. The predicted molar refractivity (Wildman–Crippen MR) is 82.3 cm³/mol. The molecule has 19 heavy (non-hydrogen) atoms. The first-order valence-electron chi connectivity index (χ1n) is 7.59. The van der Waals surface area contributed by atoms with Gasteiger partial charge in [0, 0.05) is 12.1 Å². The van der Waals surface area contributed by atoms with Gasteiger partial charge in [-0.05, 0) is 58.2 Å². The van der Waals surface area contributed by atoms with Crippen molar-refractivity contribution in [3.63, 3.8) is 0 Å². The van der Waals surface area contributed by atoms with Crippen molar-refractivity contribution >= 4 is 0 Å². The second-order valence-corrected chi connectivity index (χ2v) is 6.30. The molecule has 1 aromatic rings. The van der Waals surface area contributed by atoms with Gasteiger partial charge in [-0.1, -0.05) is 30.2 Å². The number of nitrogens with two attached hydrogens (primary N) is 1. The molecule has 0 radical (unpaired) electrons. The third-order valence-electron chi connectivity index (χ3n) is 4.38. The Morgan fingerprint density at radius 2 is 1.95 bits per heavy atom. The van der Waals surface area contributed by atoms with Crippen molar-refractivity contribution in [3.8, 4) is 0 Å². The average Bonchev–Trinajstić information content (AvgIpc) is 2.54. The fourth-order valence-electron chi connectivity index (χ4n) is 3.28. The van der Waals surface area contributed by atoms with E-state index in [0.29, 0.717) is 12.1 Å². The van der Waals surface area contributed by atoms with E-state index in [1.807, 2.05) is 0 Å². The van der Waals surface area contributed by atoms with Gasteiger partial charge in [0.25, 0.3) is 0 Å². The quantitative estimate of drug-likeness (QED) is 0.881. The zero-order valence-corrected chi connectivity index (χ0v) is 12.8. The summed E-state index contributed by atoms with van der Waals surface area (Å²) < 4.78 is 0. The van der Waals surface area contributed by atoms with E-state index < -0.39 is 0 Å². The van der Waals surface area contributed by atoms with Crippen LogP contribution in [0.1, 0.15) is 55.8 Å². The molecule has 2 N–H and O–H groups in total. The zero-order chi connectivity index (χ0) is 14.0. The second-order valence-electron chi connectivity index (χ2n) is 6.30. The molecule has 1 aliphatic heterocycles. The summed E-state index contributed by atoms with van der Waals surface area (Å²) in [6, 6.07) is 7.95. The second kappa shape index (κ2) is 6.06. The van der Waals surface area contributed by atoms with E-state index in [1.165, 1.54) is 36.1 Å². The van der Waals surface area contributed by atoms with Crippen molar-refractivity contribution in [2.75, 3.05) is 6.54 Å². The summed E-state index contributed by atoms with van der Waals surface area (Å²) in [7, 11) is 0. The maximum absolute atomic E-state index is 6.52. The van der Waals surface area contributed by atoms with Crippen molar-refractivity contribution < 1.29 is 0 Å². The summed E-state index contributed by atoms with van der Waals surface area (Å²) in [6.45, 7) is 10.1. The molecule has 1 fully saturated rings. The van der Waals surface area contributed by atoms with Gasteiger partial charge in [-0.2, -0.15) is 0 Å². The Bertz CT molecular complexity index is 425. The Kier molecular flexibility index (Phi) is 4.64. The van der Waals surface area contributed by atoms with Crippen LogP contribution >= 0.6 is 0 Å². The maximum Gasteiger partial charge on any atom is 0.0504 e. The first kappa shape index (κ1) is 14.5. The molecule has 1 aromatic carbocycles. The van der Waals surface area contributed by atoms with Gasteiger partial charge >= 0.3 is 0 Å². The maximum atomic E-state index is 6.52. The van der Waals surface area contributed by atoms with Crippen molar-refractivity contribution in [2.24, 2.45) is 5.73 Å². The highest BCUT2D eigenvalue weighted by Gasteiger charge is 2.31. The number of aryl methyl sites for hydroxylation is 2. The fourth-order valence-corrected chi connectivity index (χ4v) is 3.28. The molecule has 2 unspecified atom stereocenters. The van der Waals surface area contributed by atoms with Crippen molar-refractivity contribution in [1.82, 2.24) is 4.90 Å². The normalized spacial score (nSPS) is 25.6. The van der Waals surface area contributed by atoms with E-state index in [-0.39, 0.29) is 6.04 Å². The Morgan fingerprint density at radius 3 is 2.63 bits per heavy atom. The SMILES string of the molecule is Cc1ccc(C)c(C2C(N)CCCCN2C(C)C)c1. The Hall–Kier alpha value is -0.860. The Morgan fingerprint density at radius 1 is 1.21 bits per heavy atom. The first-order valence-corrected chi connectivity index (χ1v) is 7.59. The van der Waals surface area contributed by atoms with Crippen LogP contribution in [0.2, 0.25) is 0 Å². The third kappa shape index (κ3) is 3.18. The van der Waals surface area contributed by atoms with E-state index in [9.17, 15) is 0 Å². The molecule has 0 amide bonds. The highest BCUT2D eigenvalue weighted by atomic mass is 15.2. The first-order chi connectivity index (χ1) is 9.00. The smallest absolute Gasteiger partial charge is 0.0504 e. The molecule has 2 nitrogen and oxygen atoms in total. The van der Waals surface area contributed by atoms with Crippen LogP contribution in [0.25, 0.3) is 0 Å². The van der Waals surface area contributed by atoms with Gasteiger partial charge in [0.05, 0.1) is 6.04 Å². The van der Waals surface area contributed by atoms with Crippen LogP contribution in [-0.2, 0) is 0 Å². The van der Waals surface area contributed by atoms with E-state index in [4.69, 9.17) is 5.73 Å². The lowest BCUT2D eigenvalue weighted by molar-refractivity contribution is 0.143. The topological polar surface area (TPSA) is 29.3 Å². The molecule has 0 bridgehead atoms. The van der Waals surface area contributed by atoms with Crippen LogP contribution in [0.4, 0.5) is 0 Å². The number of likely N-dealkylation sites (tertiary alicyclic amines) is 1. The molecule has 2 atom stereocenters. The lowest BCUT2D eigenvalue weighted by atomic mass is 9.91. The molecule has 0 aromatic heterocycles. The number of hydrogen-bond acceptors (Lipinski definition) is 2. The Labute approximate surface area is 118 Å². The van der Waals surface area contributed by atoms with Gasteiger partial charge < -0.3 is 5.73 Å². The van der Waals surface area contributed by atoms with Crippen molar-refractivity contribution in [2.45, 2.75) is 65.1 Å². The van der Waals surface area contributed by atoms with Gasteiger partial charge in [0.1, 0.15) is 0 Å². The summed E-state index contributed by atoms with van der Waals surface area (Å²) in [6.07, 6.45) is 3.67. The summed E-state index contributed by atoms with van der Waals surface area (Å²) >= 11 is 0. The van der Waals surface area contributed by atoms with E-state index in [0.717, 1.165) is 6.42 Å². The molecule has 1 heterocycles. The minimum atomic E-state index is 0.255. The molecule has 106 valence electrons. The van der Waals surface area contributed by atoms with Crippen LogP contribution in [0.5, 0.6) is 0 Å². The highest BCUT2D eigenvalue weighted by Crippen LogP contribution is 2.33. The van der Waals surface area contributed by atoms with Crippen LogP contribution < -0.4 is 5.73 Å². The van der Waals surface area contributed by atoms with Crippen molar-refractivity contribution in [1.29, 1.82) is 0 Å². The molecular weight excluding hydrogens is 232 g/mol. The molecule has 1 aliphatic rings. The average molecular weight is 260 g/mol. The third-order valence-corrected chi connectivity index (χ3v) is 4.38. The molecule has 0 aliphatic carbocycles. The van der Waals surface area contributed by atoms with Crippen LogP contribution in [-0.4, -0.2) is 23.5 Å². The Balaban J connectivity index is 2.43. The molecule has 1 saturated heterocycles. The van der Waals surface area contributed by atoms with E-state index >= 15 is 0 Å². The minimum Gasteiger partial charge on any atom is -0.326 e. The lowest BCUT2D eigenvalue weighted by Gasteiger charge is -2.37. The zero-order valence-electron chi connectivity index (χ0n) is 12.8. The summed E-state index contributed by atoms with van der Waals surface area (Å²) in [5.41, 5.74) is 10.7. The number of hydrogen-bond donors (Lipinski definition) is 1. The van der Waals surface area contributed by atoms with E-state index in [2.05, 4.69) is 50.8 Å². The fraction of sp³-hybridized carbons (Fsp3) is 0.647. The van der Waals surface area contributed by atoms with Crippen LogP contribution in [0.3, 0.4) is 0 Å². The summed E-state index contributed by atoms with van der Waals surface area (Å²) in [4.78, 5) is 2.60. The van der Waals surface area contributed by atoms with Crippen LogP contribution in [0, 0.1) is 13.8 Å². The summed E-state index contributed by atoms with van der Waals surface area (Å²) in [5, 5.41) is 0.